The van der Waals surface area contributed by atoms with Crippen LogP contribution < -0.4 is 31.4 Å². The molecule has 0 atom stereocenters. The van der Waals surface area contributed by atoms with Crippen molar-refractivity contribution in [2.24, 2.45) is 17.2 Å². The lowest BCUT2D eigenvalue weighted by Crippen LogP contribution is -2.35. The summed E-state index contributed by atoms with van der Waals surface area (Å²) in [7, 11) is 0. The van der Waals surface area contributed by atoms with Gasteiger partial charge in [-0.05, 0) is 72.8 Å². The lowest BCUT2D eigenvalue weighted by molar-refractivity contribution is 0.153. The average molecular weight is 649 g/mol. The van der Waals surface area contributed by atoms with Crippen LogP contribution in [0.4, 0.5) is 0 Å². The van der Waals surface area contributed by atoms with Crippen LogP contribution in [0.1, 0.15) is 16.7 Å². The second-order valence-electron chi connectivity index (χ2n) is 8.20. The zero-order valence-electron chi connectivity index (χ0n) is 22.2. The second-order valence-corrected chi connectivity index (χ2v) is 8.20. The minimum absolute atomic E-state index is 0. The van der Waals surface area contributed by atoms with Crippen LogP contribution in [-0.2, 0) is 0 Å². The van der Waals surface area contributed by atoms with Gasteiger partial charge in [0, 0.05) is 36.3 Å². The van der Waals surface area contributed by atoms with Crippen molar-refractivity contribution in [3.63, 3.8) is 0 Å². The lowest BCUT2D eigenvalue weighted by Gasteiger charge is -2.23. The molecule has 0 unspecified atom stereocenters. The Hall–Kier alpha value is -3.41. The van der Waals surface area contributed by atoms with Crippen molar-refractivity contribution in [3.8, 4) is 17.2 Å². The lowest BCUT2D eigenvalue weighted by atomic mass is 10.2. The number of benzene rings is 3. The van der Waals surface area contributed by atoms with Gasteiger partial charge in [0.15, 0.2) is 0 Å². The van der Waals surface area contributed by atoms with Crippen molar-refractivity contribution in [3.05, 3.63) is 89.5 Å². The van der Waals surface area contributed by atoms with Crippen molar-refractivity contribution in [1.82, 2.24) is 4.90 Å². The third kappa shape index (κ3) is 13.7. The maximum absolute atomic E-state index is 7.49. The first-order chi connectivity index (χ1) is 17.8. The summed E-state index contributed by atoms with van der Waals surface area (Å²) in [5.74, 6) is 2.16. The molecule has 14 heteroatoms. The molecule has 0 aliphatic rings. The summed E-state index contributed by atoms with van der Waals surface area (Å²) in [5.41, 5.74) is 18.5. The highest BCUT2D eigenvalue weighted by molar-refractivity contribution is 5.95. The zero-order chi connectivity index (χ0) is 26.6. The zero-order valence-corrected chi connectivity index (χ0v) is 25.5. The smallest absolute Gasteiger partial charge is 0.122 e. The molecule has 3 aromatic rings. The van der Waals surface area contributed by atoms with Gasteiger partial charge in [-0.3, -0.25) is 21.1 Å². The van der Waals surface area contributed by atoms with E-state index in [1.807, 2.05) is 0 Å². The molecule has 0 fully saturated rings. The van der Waals surface area contributed by atoms with E-state index in [0.717, 1.165) is 0 Å². The van der Waals surface area contributed by atoms with Crippen LogP contribution in [-0.4, -0.2) is 61.9 Å². The Kier molecular flexibility index (Phi) is 19.8. The van der Waals surface area contributed by atoms with E-state index in [4.69, 9.17) is 47.6 Å². The van der Waals surface area contributed by atoms with E-state index in [1.165, 1.54) is 0 Å². The van der Waals surface area contributed by atoms with E-state index in [2.05, 4.69) is 4.90 Å². The van der Waals surface area contributed by atoms with E-state index in [9.17, 15) is 0 Å². The first-order valence-electron chi connectivity index (χ1n) is 11.8. The van der Waals surface area contributed by atoms with Crippen LogP contribution in [0.5, 0.6) is 17.2 Å². The van der Waals surface area contributed by atoms with Gasteiger partial charge in [0.1, 0.15) is 54.6 Å². The average Bonchev–Trinajstić information content (AvgIpc) is 2.89. The van der Waals surface area contributed by atoms with Gasteiger partial charge in [-0.25, -0.2) is 0 Å². The van der Waals surface area contributed by atoms with Gasteiger partial charge < -0.3 is 31.4 Å². The topological polar surface area (TPSA) is 181 Å². The van der Waals surface area contributed by atoms with Crippen LogP contribution >= 0.6 is 49.6 Å². The van der Waals surface area contributed by atoms with Gasteiger partial charge in [0.2, 0.25) is 0 Å². The maximum atomic E-state index is 7.49. The predicted molar refractivity (Wildman–Crippen MR) is 174 cm³/mol. The quantitative estimate of drug-likeness (QED) is 0.106. The molecule has 0 saturated heterocycles. The molecule has 0 radical (unpaired) electrons. The van der Waals surface area contributed by atoms with Crippen LogP contribution in [0, 0.1) is 16.2 Å². The van der Waals surface area contributed by atoms with Gasteiger partial charge >= 0.3 is 0 Å². The number of nitrogens with zero attached hydrogens (tertiary/aromatic N) is 1. The molecule has 0 bridgehead atoms. The number of hydrogen-bond donors (Lipinski definition) is 6. The molecule has 41 heavy (non-hydrogen) atoms. The SMILES string of the molecule is Cl.Cl.Cl.Cl.N=C(N)c1ccc(OCCN(CCOc2ccc(C(=N)N)cc2)CCOc2ccc(C(=N)N)cc2)cc1. The second kappa shape index (κ2) is 20.5. The minimum Gasteiger partial charge on any atom is -0.492 e. The van der Waals surface area contributed by atoms with E-state index in [0.29, 0.717) is 73.4 Å². The Labute approximate surface area is 265 Å². The van der Waals surface area contributed by atoms with E-state index in [-0.39, 0.29) is 67.1 Å². The number of nitrogen functional groups attached to an aromatic ring is 3. The number of rotatable bonds is 15. The fraction of sp³-hybridized carbons (Fsp3) is 0.222. The predicted octanol–water partition coefficient (Wildman–Crippen LogP) is 4.06. The third-order valence-electron chi connectivity index (χ3n) is 5.52. The highest BCUT2D eigenvalue weighted by Crippen LogP contribution is 2.14. The van der Waals surface area contributed by atoms with Crippen LogP contribution in [0.15, 0.2) is 72.8 Å². The van der Waals surface area contributed by atoms with Gasteiger partial charge in [0.25, 0.3) is 0 Å². The Morgan fingerprint density at radius 3 is 0.878 bits per heavy atom. The summed E-state index contributed by atoms with van der Waals surface area (Å²) in [6.45, 7) is 3.31. The minimum atomic E-state index is 0. The molecule has 0 aromatic heterocycles. The summed E-state index contributed by atoms with van der Waals surface area (Å²) in [6.07, 6.45) is 0. The number of nitrogens with one attached hydrogen (secondary N) is 3. The third-order valence-corrected chi connectivity index (χ3v) is 5.52. The summed E-state index contributed by atoms with van der Waals surface area (Å²) in [5, 5.41) is 22.5. The molecule has 0 aliphatic carbocycles. The molecule has 226 valence electrons. The fourth-order valence-electron chi connectivity index (χ4n) is 3.41. The van der Waals surface area contributed by atoms with Crippen LogP contribution in [0.3, 0.4) is 0 Å². The normalized spacial score (nSPS) is 9.59. The highest BCUT2D eigenvalue weighted by Gasteiger charge is 2.08. The molecular weight excluding hydrogens is 612 g/mol. The molecule has 9 N–H and O–H groups in total. The standard InChI is InChI=1S/C27H33N7O3.4ClH/c28-25(29)19-1-7-22(8-2-19)35-16-13-34(14-17-36-23-9-3-20(4-10-23)26(30)31)15-18-37-24-11-5-21(6-12-24)27(32)33;;;;/h1-12H,13-18H2,(H3,28,29)(H3,30,31)(H3,32,33);4*1H. The van der Waals surface area contributed by atoms with Gasteiger partial charge in [0.05, 0.1) is 0 Å². The van der Waals surface area contributed by atoms with E-state index >= 15 is 0 Å². The number of amidine groups is 3. The summed E-state index contributed by atoms with van der Waals surface area (Å²) in [4.78, 5) is 2.18. The van der Waals surface area contributed by atoms with Gasteiger partial charge in [-0.15, -0.1) is 49.6 Å². The van der Waals surface area contributed by atoms with Crippen molar-refractivity contribution >= 4 is 67.1 Å². The number of hydrogen-bond acceptors (Lipinski definition) is 7. The highest BCUT2D eigenvalue weighted by atomic mass is 35.5. The number of ether oxygens (including phenoxy) is 3. The Bertz CT molecular complexity index is 1050. The Morgan fingerprint density at radius 2 is 0.683 bits per heavy atom. The molecule has 0 saturated carbocycles. The Balaban J connectivity index is 0. The van der Waals surface area contributed by atoms with Crippen molar-refractivity contribution in [2.75, 3.05) is 39.5 Å². The molecule has 3 rings (SSSR count). The summed E-state index contributed by atoms with van der Waals surface area (Å²) < 4.78 is 17.6. The molecule has 0 aliphatic heterocycles. The van der Waals surface area contributed by atoms with E-state index in [1.54, 1.807) is 72.8 Å². The Morgan fingerprint density at radius 1 is 0.463 bits per heavy atom. The van der Waals surface area contributed by atoms with Crippen LogP contribution in [0.25, 0.3) is 0 Å². The fourth-order valence-corrected chi connectivity index (χ4v) is 3.41. The van der Waals surface area contributed by atoms with Crippen LogP contribution in [0.2, 0.25) is 0 Å². The molecule has 0 spiro atoms. The van der Waals surface area contributed by atoms with Crippen molar-refractivity contribution in [1.29, 1.82) is 16.2 Å². The largest absolute Gasteiger partial charge is 0.492 e. The summed E-state index contributed by atoms with van der Waals surface area (Å²) in [6, 6.07) is 21.3. The summed E-state index contributed by atoms with van der Waals surface area (Å²) >= 11 is 0. The van der Waals surface area contributed by atoms with E-state index < -0.39 is 0 Å². The number of nitrogens with two attached hydrogens (primary N) is 3. The first-order valence-corrected chi connectivity index (χ1v) is 11.8. The first kappa shape index (κ1) is 39.7. The monoisotopic (exact) mass is 647 g/mol. The maximum Gasteiger partial charge on any atom is 0.122 e. The molecular formula is C27H37Cl4N7O3. The number of halogens is 4. The molecule has 3 aromatic carbocycles. The van der Waals surface area contributed by atoms with Crippen molar-refractivity contribution < 1.29 is 14.2 Å². The molecule has 0 amide bonds. The van der Waals surface area contributed by atoms with Gasteiger partial charge in [-0.2, -0.15) is 0 Å². The molecule has 10 nitrogen and oxygen atoms in total. The molecule has 0 heterocycles. The van der Waals surface area contributed by atoms with Gasteiger partial charge in [-0.1, -0.05) is 0 Å². The van der Waals surface area contributed by atoms with Crippen molar-refractivity contribution in [2.45, 2.75) is 0 Å².